The molecular formula is C10H17Br2ClO2. The molecule has 0 fully saturated rings. The third kappa shape index (κ3) is 9.64. The molecule has 5 heteroatoms. The second-order valence-corrected chi connectivity index (χ2v) is 8.32. The van der Waals surface area contributed by atoms with Crippen LogP contribution >= 0.6 is 43.5 Å². The topological polar surface area (TPSA) is 26.3 Å². The molecule has 0 aliphatic heterocycles. The molecule has 0 atom stereocenters. The Labute approximate surface area is 113 Å². The van der Waals surface area contributed by atoms with Gasteiger partial charge in [0, 0.05) is 0 Å². The molecule has 0 N–H and O–H groups in total. The molecule has 0 aromatic heterocycles. The van der Waals surface area contributed by atoms with Crippen molar-refractivity contribution in [3.8, 4) is 0 Å². The van der Waals surface area contributed by atoms with E-state index < -0.39 is 8.66 Å². The molecule has 0 amide bonds. The van der Waals surface area contributed by atoms with Crippen molar-refractivity contribution in [3.63, 3.8) is 0 Å². The van der Waals surface area contributed by atoms with Crippen LogP contribution in [0.15, 0.2) is 0 Å². The van der Waals surface area contributed by atoms with Gasteiger partial charge in [0.15, 0.2) is 0 Å². The summed E-state index contributed by atoms with van der Waals surface area (Å²) in [6, 6.07) is 0. The number of hydrogen-bond donors (Lipinski definition) is 0. The molecule has 0 radical (unpaired) electrons. The van der Waals surface area contributed by atoms with Crippen LogP contribution in [0.5, 0.6) is 0 Å². The normalized spacial score (nSPS) is 11.5. The van der Waals surface area contributed by atoms with E-state index >= 15 is 0 Å². The minimum Gasteiger partial charge on any atom is -0.463 e. The van der Waals surface area contributed by atoms with Crippen molar-refractivity contribution in [2.75, 3.05) is 6.61 Å². The Bertz CT molecular complexity index is 181. The number of ether oxygens (including phenoxy) is 1. The van der Waals surface area contributed by atoms with Crippen molar-refractivity contribution in [1.29, 1.82) is 0 Å². The van der Waals surface area contributed by atoms with Crippen LogP contribution in [0.3, 0.4) is 0 Å². The maximum absolute atomic E-state index is 11.2. The Morgan fingerprint density at radius 3 is 2.27 bits per heavy atom. The molecular weight excluding hydrogens is 347 g/mol. The fourth-order valence-electron chi connectivity index (χ4n) is 1.13. The number of alkyl halides is 3. The van der Waals surface area contributed by atoms with Gasteiger partial charge in [0.2, 0.25) is 2.69 Å². The third-order valence-electron chi connectivity index (χ3n) is 1.96. The van der Waals surface area contributed by atoms with E-state index in [1.807, 2.05) is 0 Å². The maximum Gasteiger partial charge on any atom is 0.349 e. The van der Waals surface area contributed by atoms with Gasteiger partial charge in [-0.25, -0.2) is 4.79 Å². The minimum atomic E-state index is -1.26. The average molecular weight is 365 g/mol. The van der Waals surface area contributed by atoms with Gasteiger partial charge in [-0.05, 0) is 38.3 Å². The molecule has 0 spiro atoms. The summed E-state index contributed by atoms with van der Waals surface area (Å²) in [4.78, 5) is 11.2. The Morgan fingerprint density at radius 1 is 1.20 bits per heavy atom. The molecule has 0 aromatic rings. The molecule has 2 nitrogen and oxygen atoms in total. The molecule has 15 heavy (non-hydrogen) atoms. The van der Waals surface area contributed by atoms with E-state index in [4.69, 9.17) is 16.3 Å². The number of unbranched alkanes of at least 4 members (excludes halogenated alkanes) is 5. The molecule has 0 unspecified atom stereocenters. The van der Waals surface area contributed by atoms with Crippen LogP contribution in [0.2, 0.25) is 0 Å². The van der Waals surface area contributed by atoms with Crippen molar-refractivity contribution in [3.05, 3.63) is 0 Å². The fraction of sp³-hybridized carbons (Fsp3) is 0.900. The fourth-order valence-corrected chi connectivity index (χ4v) is 1.41. The first kappa shape index (κ1) is 15.7. The largest absolute Gasteiger partial charge is 0.463 e. The predicted molar refractivity (Wildman–Crippen MR) is 70.8 cm³/mol. The van der Waals surface area contributed by atoms with Gasteiger partial charge < -0.3 is 4.74 Å². The first-order chi connectivity index (χ1) is 6.98. The van der Waals surface area contributed by atoms with E-state index in [1.165, 1.54) is 25.7 Å². The van der Waals surface area contributed by atoms with Gasteiger partial charge in [0.05, 0.1) is 6.61 Å². The number of halogens is 3. The van der Waals surface area contributed by atoms with Gasteiger partial charge in [0.1, 0.15) is 0 Å². The summed E-state index contributed by atoms with van der Waals surface area (Å²) in [6.45, 7) is 2.63. The zero-order valence-corrected chi connectivity index (χ0v) is 12.8. The number of esters is 1. The van der Waals surface area contributed by atoms with Crippen molar-refractivity contribution in [1.82, 2.24) is 0 Å². The number of carbonyl (C=O) groups excluding carboxylic acids is 1. The van der Waals surface area contributed by atoms with E-state index in [9.17, 15) is 4.79 Å². The van der Waals surface area contributed by atoms with E-state index in [0.29, 0.717) is 6.61 Å². The number of rotatable bonds is 8. The van der Waals surface area contributed by atoms with Crippen molar-refractivity contribution >= 4 is 49.4 Å². The zero-order valence-electron chi connectivity index (χ0n) is 8.90. The van der Waals surface area contributed by atoms with Gasteiger partial charge in [-0.3, -0.25) is 0 Å². The predicted octanol–water partition coefficient (Wildman–Crippen LogP) is 4.57. The first-order valence-corrected chi connectivity index (χ1v) is 7.18. The lowest BCUT2D eigenvalue weighted by Crippen LogP contribution is -2.21. The van der Waals surface area contributed by atoms with E-state index in [1.54, 1.807) is 0 Å². The summed E-state index contributed by atoms with van der Waals surface area (Å²) in [5, 5.41) is 0. The average Bonchev–Trinajstić information content (AvgIpc) is 2.14. The highest BCUT2D eigenvalue weighted by Crippen LogP contribution is 2.32. The SMILES string of the molecule is CCCCCCCCOC(=O)C(Cl)(Br)Br. The number of carbonyl (C=O) groups is 1. The smallest absolute Gasteiger partial charge is 0.349 e. The van der Waals surface area contributed by atoms with Crippen LogP contribution in [-0.2, 0) is 9.53 Å². The van der Waals surface area contributed by atoms with E-state index in [2.05, 4.69) is 38.8 Å². The summed E-state index contributed by atoms with van der Waals surface area (Å²) in [7, 11) is 0. The molecule has 0 aliphatic rings. The Balaban J connectivity index is 3.28. The zero-order chi connectivity index (χ0) is 11.7. The Kier molecular flexibility index (Phi) is 9.25. The molecule has 0 saturated heterocycles. The van der Waals surface area contributed by atoms with Crippen LogP contribution < -0.4 is 0 Å². The van der Waals surface area contributed by atoms with E-state index in [0.717, 1.165) is 12.8 Å². The van der Waals surface area contributed by atoms with Gasteiger partial charge in [-0.15, -0.1) is 0 Å². The van der Waals surface area contributed by atoms with Crippen LogP contribution in [0.4, 0.5) is 0 Å². The number of hydrogen-bond acceptors (Lipinski definition) is 2. The highest BCUT2D eigenvalue weighted by Gasteiger charge is 2.30. The first-order valence-electron chi connectivity index (χ1n) is 5.22. The highest BCUT2D eigenvalue weighted by molar-refractivity contribution is 9.26. The highest BCUT2D eigenvalue weighted by atomic mass is 79.9. The van der Waals surface area contributed by atoms with Crippen molar-refractivity contribution in [2.24, 2.45) is 0 Å². The molecule has 0 heterocycles. The summed E-state index contributed by atoms with van der Waals surface area (Å²) in [5.74, 6) is -0.488. The molecule has 90 valence electrons. The molecule has 0 bridgehead atoms. The van der Waals surface area contributed by atoms with Gasteiger partial charge in [-0.1, -0.05) is 50.6 Å². The minimum absolute atomic E-state index is 0.441. The molecule has 0 saturated carbocycles. The summed E-state index contributed by atoms with van der Waals surface area (Å²) in [6.07, 6.45) is 7.01. The lowest BCUT2D eigenvalue weighted by molar-refractivity contribution is -0.141. The molecule has 0 aliphatic carbocycles. The van der Waals surface area contributed by atoms with E-state index in [-0.39, 0.29) is 0 Å². The van der Waals surface area contributed by atoms with Crippen molar-refractivity contribution < 1.29 is 9.53 Å². The standard InChI is InChI=1S/C10H17Br2ClO2/c1-2-3-4-5-6-7-8-15-9(14)10(11,12)13/h2-8H2,1H3. The van der Waals surface area contributed by atoms with Crippen LogP contribution in [0, 0.1) is 0 Å². The Hall–Kier alpha value is 0.720. The van der Waals surface area contributed by atoms with Gasteiger partial charge in [0.25, 0.3) is 0 Å². The summed E-state index contributed by atoms with van der Waals surface area (Å²) in [5.41, 5.74) is 0. The Morgan fingerprint density at radius 2 is 1.73 bits per heavy atom. The lowest BCUT2D eigenvalue weighted by Gasteiger charge is -2.10. The van der Waals surface area contributed by atoms with Crippen LogP contribution in [0.1, 0.15) is 45.4 Å². The third-order valence-corrected chi connectivity index (χ3v) is 2.76. The summed E-state index contributed by atoms with van der Waals surface area (Å²) < 4.78 is 3.69. The van der Waals surface area contributed by atoms with Crippen molar-refractivity contribution in [2.45, 2.75) is 48.1 Å². The maximum atomic E-state index is 11.2. The monoisotopic (exact) mass is 362 g/mol. The molecule has 0 rings (SSSR count). The van der Waals surface area contributed by atoms with Crippen LogP contribution in [0.25, 0.3) is 0 Å². The molecule has 0 aromatic carbocycles. The second kappa shape index (κ2) is 8.82. The summed E-state index contributed by atoms with van der Waals surface area (Å²) >= 11 is 11.5. The van der Waals surface area contributed by atoms with Gasteiger partial charge in [-0.2, -0.15) is 0 Å². The quantitative estimate of drug-likeness (QED) is 0.358. The van der Waals surface area contributed by atoms with Crippen LogP contribution in [-0.4, -0.2) is 15.3 Å². The second-order valence-electron chi connectivity index (χ2n) is 3.40. The van der Waals surface area contributed by atoms with Gasteiger partial charge >= 0.3 is 5.97 Å². The lowest BCUT2D eigenvalue weighted by atomic mass is 10.1.